The van der Waals surface area contributed by atoms with Crippen molar-refractivity contribution in [3.05, 3.63) is 22.6 Å². The Kier molecular flexibility index (Phi) is 5.38. The van der Waals surface area contributed by atoms with Gasteiger partial charge in [0.05, 0.1) is 4.88 Å². The molecule has 0 aromatic carbocycles. The Morgan fingerprint density at radius 2 is 2.19 bits per heavy atom. The average molecular weight is 307 g/mol. The van der Waals surface area contributed by atoms with Crippen LogP contribution in [0.3, 0.4) is 0 Å². The van der Waals surface area contributed by atoms with Gasteiger partial charge in [-0.25, -0.2) is 0 Å². The highest BCUT2D eigenvalue weighted by Crippen LogP contribution is 2.32. The zero-order valence-electron chi connectivity index (χ0n) is 12.4. The number of hydrogen-bond acceptors (Lipinski definition) is 5. The van der Waals surface area contributed by atoms with Gasteiger partial charge in [-0.3, -0.25) is 4.79 Å². The van der Waals surface area contributed by atoms with Gasteiger partial charge >= 0.3 is 0 Å². The molecule has 0 saturated carbocycles. The molecule has 0 saturated heterocycles. The van der Waals surface area contributed by atoms with Crippen molar-refractivity contribution in [2.45, 2.75) is 39.5 Å². The molecule has 114 valence electrons. The lowest BCUT2D eigenvalue weighted by molar-refractivity contribution is 0.0954. The molecule has 0 unspecified atom stereocenters. The third kappa shape index (κ3) is 3.85. The number of thiophene rings is 1. The largest absolute Gasteiger partial charge is 0.367 e. The van der Waals surface area contributed by atoms with Crippen molar-refractivity contribution in [1.82, 2.24) is 10.5 Å². The molecule has 2 rings (SSSR count). The molecule has 6 heteroatoms. The lowest BCUT2D eigenvalue weighted by atomic mass is 10.1. The Hall–Kier alpha value is -1.82. The molecule has 1 amide bonds. The first kappa shape index (κ1) is 15.6. The highest BCUT2D eigenvalue weighted by Gasteiger charge is 2.22. The molecule has 0 aliphatic rings. The fourth-order valence-corrected chi connectivity index (χ4v) is 2.95. The van der Waals surface area contributed by atoms with E-state index in [-0.39, 0.29) is 11.8 Å². The van der Waals surface area contributed by atoms with Crippen molar-refractivity contribution >= 4 is 23.1 Å². The number of unbranched alkanes of at least 4 members (excludes halogenated alkanes) is 3. The summed E-state index contributed by atoms with van der Waals surface area (Å²) in [6, 6.07) is 3.91. The van der Waals surface area contributed by atoms with E-state index in [1.165, 1.54) is 12.8 Å². The average Bonchev–Trinajstić information content (AvgIpc) is 3.04. The van der Waals surface area contributed by atoms with Gasteiger partial charge in [0.2, 0.25) is 5.88 Å². The molecule has 3 N–H and O–H groups in total. The van der Waals surface area contributed by atoms with Gasteiger partial charge in [-0.1, -0.05) is 31.3 Å². The van der Waals surface area contributed by atoms with Crippen LogP contribution in [0.1, 0.15) is 47.8 Å². The summed E-state index contributed by atoms with van der Waals surface area (Å²) in [5, 5.41) is 6.82. The number of rotatable bonds is 7. The molecule has 0 fully saturated rings. The van der Waals surface area contributed by atoms with E-state index in [9.17, 15) is 4.79 Å². The van der Waals surface area contributed by atoms with Crippen LogP contribution in [0.25, 0.3) is 10.6 Å². The van der Waals surface area contributed by atoms with Crippen molar-refractivity contribution in [1.29, 1.82) is 0 Å². The van der Waals surface area contributed by atoms with Crippen LogP contribution in [0.2, 0.25) is 0 Å². The molecule has 0 aliphatic carbocycles. The predicted octanol–water partition coefficient (Wildman–Crippen LogP) is 3.60. The highest BCUT2D eigenvalue weighted by atomic mass is 32.1. The Balaban J connectivity index is 2.05. The number of nitrogens with zero attached hydrogens (tertiary/aromatic N) is 1. The fraction of sp³-hybridized carbons (Fsp3) is 0.467. The van der Waals surface area contributed by atoms with E-state index >= 15 is 0 Å². The predicted molar refractivity (Wildman–Crippen MR) is 85.4 cm³/mol. The summed E-state index contributed by atoms with van der Waals surface area (Å²) < 4.78 is 5.00. The monoisotopic (exact) mass is 307 g/mol. The van der Waals surface area contributed by atoms with Gasteiger partial charge in [-0.15, -0.1) is 11.3 Å². The molecule has 21 heavy (non-hydrogen) atoms. The second-order valence-electron chi connectivity index (χ2n) is 5.00. The van der Waals surface area contributed by atoms with Crippen LogP contribution in [-0.4, -0.2) is 17.6 Å². The maximum Gasteiger partial charge on any atom is 0.259 e. The number of aryl methyl sites for hydroxylation is 1. The normalized spacial score (nSPS) is 10.8. The summed E-state index contributed by atoms with van der Waals surface area (Å²) in [6.07, 6.45) is 4.45. The SMILES string of the molecule is CCCCCCNC(=O)c1c(-c2ccc(C)s2)noc1N. The lowest BCUT2D eigenvalue weighted by Crippen LogP contribution is -2.25. The zero-order chi connectivity index (χ0) is 15.2. The van der Waals surface area contributed by atoms with Crippen LogP contribution in [-0.2, 0) is 0 Å². The van der Waals surface area contributed by atoms with E-state index in [4.69, 9.17) is 10.3 Å². The summed E-state index contributed by atoms with van der Waals surface area (Å²) in [5.74, 6) is -0.145. The summed E-state index contributed by atoms with van der Waals surface area (Å²) in [7, 11) is 0. The van der Waals surface area contributed by atoms with E-state index in [1.807, 2.05) is 19.1 Å². The maximum atomic E-state index is 12.3. The van der Waals surface area contributed by atoms with Crippen LogP contribution >= 0.6 is 11.3 Å². The number of carbonyl (C=O) groups excluding carboxylic acids is 1. The molecular formula is C15H21N3O2S. The van der Waals surface area contributed by atoms with Gasteiger partial charge in [0, 0.05) is 11.4 Å². The minimum absolute atomic E-state index is 0.0714. The molecule has 0 radical (unpaired) electrons. The fourth-order valence-electron chi connectivity index (χ4n) is 2.09. The summed E-state index contributed by atoms with van der Waals surface area (Å²) >= 11 is 1.56. The molecular weight excluding hydrogens is 286 g/mol. The van der Waals surface area contributed by atoms with Gasteiger partial charge in [0.1, 0.15) is 11.3 Å². The number of hydrogen-bond donors (Lipinski definition) is 2. The van der Waals surface area contributed by atoms with Crippen molar-refractivity contribution in [3.8, 4) is 10.6 Å². The first-order valence-corrected chi connectivity index (χ1v) is 8.05. The molecule has 2 aromatic rings. The van der Waals surface area contributed by atoms with E-state index in [2.05, 4.69) is 17.4 Å². The van der Waals surface area contributed by atoms with Crippen LogP contribution in [0.15, 0.2) is 16.7 Å². The Morgan fingerprint density at radius 1 is 1.38 bits per heavy atom. The number of amides is 1. The number of carbonyl (C=O) groups is 1. The topological polar surface area (TPSA) is 81.2 Å². The van der Waals surface area contributed by atoms with Gasteiger partial charge in [0.15, 0.2) is 0 Å². The smallest absolute Gasteiger partial charge is 0.259 e. The first-order chi connectivity index (χ1) is 10.1. The molecule has 0 bridgehead atoms. The number of aromatic nitrogens is 1. The molecule has 2 heterocycles. The zero-order valence-corrected chi connectivity index (χ0v) is 13.3. The number of nitrogen functional groups attached to an aromatic ring is 1. The van der Waals surface area contributed by atoms with E-state index < -0.39 is 0 Å². The third-order valence-corrected chi connectivity index (χ3v) is 4.24. The van der Waals surface area contributed by atoms with Gasteiger partial charge < -0.3 is 15.6 Å². The molecule has 2 aromatic heterocycles. The van der Waals surface area contributed by atoms with Crippen LogP contribution < -0.4 is 11.1 Å². The van der Waals surface area contributed by atoms with Crippen molar-refractivity contribution in [2.75, 3.05) is 12.3 Å². The van der Waals surface area contributed by atoms with Crippen LogP contribution in [0.4, 0.5) is 5.88 Å². The number of nitrogens with one attached hydrogen (secondary N) is 1. The lowest BCUT2D eigenvalue weighted by Gasteiger charge is -2.04. The standard InChI is InChI=1S/C15H21N3O2S/c1-3-4-5-6-9-17-15(19)12-13(18-20-14(12)16)11-8-7-10(2)21-11/h7-8H,3-6,9,16H2,1-2H3,(H,17,19). The van der Waals surface area contributed by atoms with Gasteiger partial charge in [0.25, 0.3) is 5.91 Å². The van der Waals surface area contributed by atoms with Crippen LogP contribution in [0, 0.1) is 6.92 Å². The Bertz CT molecular complexity index is 604. The number of anilines is 1. The van der Waals surface area contributed by atoms with Crippen LogP contribution in [0.5, 0.6) is 0 Å². The summed E-state index contributed by atoms with van der Waals surface area (Å²) in [4.78, 5) is 14.3. The summed E-state index contributed by atoms with van der Waals surface area (Å²) in [5.41, 5.74) is 6.62. The molecule has 0 aliphatic heterocycles. The second-order valence-corrected chi connectivity index (χ2v) is 6.29. The number of nitrogens with two attached hydrogens (primary N) is 1. The molecule has 0 spiro atoms. The maximum absolute atomic E-state index is 12.3. The quantitative estimate of drug-likeness (QED) is 0.766. The van der Waals surface area contributed by atoms with E-state index in [0.717, 1.165) is 22.6 Å². The van der Waals surface area contributed by atoms with Gasteiger partial charge in [-0.05, 0) is 25.5 Å². The Labute approximate surface area is 128 Å². The van der Waals surface area contributed by atoms with Crippen molar-refractivity contribution in [2.24, 2.45) is 0 Å². The van der Waals surface area contributed by atoms with Crippen molar-refractivity contribution < 1.29 is 9.32 Å². The minimum atomic E-state index is -0.216. The molecule has 0 atom stereocenters. The van der Waals surface area contributed by atoms with E-state index in [0.29, 0.717) is 17.8 Å². The highest BCUT2D eigenvalue weighted by molar-refractivity contribution is 7.15. The summed E-state index contributed by atoms with van der Waals surface area (Å²) in [6.45, 7) is 4.81. The third-order valence-electron chi connectivity index (χ3n) is 3.24. The minimum Gasteiger partial charge on any atom is -0.367 e. The molecule has 5 nitrogen and oxygen atoms in total. The Morgan fingerprint density at radius 3 is 2.86 bits per heavy atom. The van der Waals surface area contributed by atoms with Gasteiger partial charge in [-0.2, -0.15) is 0 Å². The van der Waals surface area contributed by atoms with E-state index in [1.54, 1.807) is 11.3 Å². The first-order valence-electron chi connectivity index (χ1n) is 7.23. The second kappa shape index (κ2) is 7.26. The van der Waals surface area contributed by atoms with Crippen molar-refractivity contribution in [3.63, 3.8) is 0 Å².